The van der Waals surface area contributed by atoms with E-state index in [9.17, 15) is 4.79 Å². The van der Waals surface area contributed by atoms with Crippen LogP contribution in [-0.2, 0) is 6.54 Å². The summed E-state index contributed by atoms with van der Waals surface area (Å²) in [6.45, 7) is 0.343. The van der Waals surface area contributed by atoms with Crippen molar-refractivity contribution in [3.05, 3.63) is 77.9 Å². The summed E-state index contributed by atoms with van der Waals surface area (Å²) in [5.74, 6) is 1.38. The minimum absolute atomic E-state index is 0.246. The van der Waals surface area contributed by atoms with Crippen LogP contribution in [0.4, 0.5) is 5.82 Å². The third-order valence-electron chi connectivity index (χ3n) is 4.39. The molecule has 2 aromatic heterocycles. The summed E-state index contributed by atoms with van der Waals surface area (Å²) >= 11 is 0. The second-order valence-electron chi connectivity index (χ2n) is 6.23. The van der Waals surface area contributed by atoms with Crippen molar-refractivity contribution in [1.29, 1.82) is 0 Å². The maximum absolute atomic E-state index is 12.6. The summed E-state index contributed by atoms with van der Waals surface area (Å²) in [7, 11) is 1.60. The molecule has 0 radical (unpaired) electrons. The highest BCUT2D eigenvalue weighted by atomic mass is 16.5. The molecule has 0 aliphatic rings. The summed E-state index contributed by atoms with van der Waals surface area (Å²) in [6, 6.07) is 20.4. The molecule has 28 heavy (non-hydrogen) atoms. The largest absolute Gasteiger partial charge is 0.496 e. The number of nitrogens with zero attached hydrogens (tertiary/aromatic N) is 3. The van der Waals surface area contributed by atoms with Gasteiger partial charge in [-0.3, -0.25) is 4.79 Å². The maximum Gasteiger partial charge on any atom is 0.251 e. The van der Waals surface area contributed by atoms with Gasteiger partial charge >= 0.3 is 0 Å². The molecule has 0 fully saturated rings. The van der Waals surface area contributed by atoms with Crippen LogP contribution in [0.15, 0.2) is 66.7 Å². The van der Waals surface area contributed by atoms with Crippen molar-refractivity contribution in [3.8, 4) is 17.1 Å². The SMILES string of the molecule is COc1ccccc1CNC(=O)c1cc(N)n2nc(-c3ccccc3)nc2c1. The van der Waals surface area contributed by atoms with Crippen LogP contribution in [0.1, 0.15) is 15.9 Å². The molecule has 0 saturated heterocycles. The highest BCUT2D eigenvalue weighted by Gasteiger charge is 2.14. The van der Waals surface area contributed by atoms with Gasteiger partial charge in [-0.2, -0.15) is 4.52 Å². The highest BCUT2D eigenvalue weighted by Crippen LogP contribution is 2.20. The number of anilines is 1. The average Bonchev–Trinajstić information content (AvgIpc) is 3.18. The lowest BCUT2D eigenvalue weighted by Crippen LogP contribution is -2.23. The Hall–Kier alpha value is -3.87. The van der Waals surface area contributed by atoms with E-state index in [0.717, 1.165) is 16.9 Å². The summed E-state index contributed by atoms with van der Waals surface area (Å²) in [5.41, 5.74) is 8.81. The predicted octanol–water partition coefficient (Wildman–Crippen LogP) is 2.92. The van der Waals surface area contributed by atoms with Crippen LogP contribution in [-0.4, -0.2) is 27.6 Å². The van der Waals surface area contributed by atoms with E-state index >= 15 is 0 Å². The van der Waals surface area contributed by atoms with Gasteiger partial charge in [0.2, 0.25) is 0 Å². The van der Waals surface area contributed by atoms with E-state index in [1.54, 1.807) is 19.2 Å². The first-order chi connectivity index (χ1) is 13.7. The van der Waals surface area contributed by atoms with E-state index in [1.807, 2.05) is 54.6 Å². The fraction of sp³-hybridized carbons (Fsp3) is 0.0952. The van der Waals surface area contributed by atoms with Gasteiger partial charge in [-0.1, -0.05) is 48.5 Å². The zero-order chi connectivity index (χ0) is 19.5. The molecule has 7 nitrogen and oxygen atoms in total. The Morgan fingerprint density at radius 3 is 2.64 bits per heavy atom. The number of methoxy groups -OCH3 is 1. The van der Waals surface area contributed by atoms with Gasteiger partial charge in [0, 0.05) is 23.2 Å². The predicted molar refractivity (Wildman–Crippen MR) is 107 cm³/mol. The van der Waals surface area contributed by atoms with Crippen molar-refractivity contribution < 1.29 is 9.53 Å². The molecule has 0 bridgehead atoms. The Morgan fingerprint density at radius 1 is 1.11 bits per heavy atom. The van der Waals surface area contributed by atoms with Crippen LogP contribution in [0.3, 0.4) is 0 Å². The molecule has 3 N–H and O–H groups in total. The lowest BCUT2D eigenvalue weighted by molar-refractivity contribution is 0.0950. The van der Waals surface area contributed by atoms with Gasteiger partial charge in [-0.25, -0.2) is 4.98 Å². The Morgan fingerprint density at radius 2 is 1.86 bits per heavy atom. The minimum Gasteiger partial charge on any atom is -0.496 e. The zero-order valence-corrected chi connectivity index (χ0v) is 15.3. The summed E-state index contributed by atoms with van der Waals surface area (Å²) in [5, 5.41) is 7.32. The van der Waals surface area contributed by atoms with Crippen LogP contribution in [0.5, 0.6) is 5.75 Å². The topological polar surface area (TPSA) is 94.5 Å². The summed E-state index contributed by atoms with van der Waals surface area (Å²) in [4.78, 5) is 17.1. The average molecular weight is 373 g/mol. The van der Waals surface area contributed by atoms with Crippen molar-refractivity contribution in [2.45, 2.75) is 6.54 Å². The Balaban J connectivity index is 1.59. The number of fused-ring (bicyclic) bond motifs is 1. The monoisotopic (exact) mass is 373 g/mol. The van der Waals surface area contributed by atoms with Crippen LogP contribution in [0.25, 0.3) is 17.0 Å². The molecule has 4 aromatic rings. The van der Waals surface area contributed by atoms with E-state index in [0.29, 0.717) is 29.4 Å². The molecular weight excluding hydrogens is 354 g/mol. The molecule has 2 aromatic carbocycles. The van der Waals surface area contributed by atoms with Crippen molar-refractivity contribution >= 4 is 17.4 Å². The number of pyridine rings is 1. The number of rotatable bonds is 5. The molecule has 1 amide bonds. The molecule has 0 unspecified atom stereocenters. The third-order valence-corrected chi connectivity index (χ3v) is 4.39. The molecule has 0 spiro atoms. The van der Waals surface area contributed by atoms with Gasteiger partial charge in [0.15, 0.2) is 11.5 Å². The number of nitrogens with one attached hydrogen (secondary N) is 1. The van der Waals surface area contributed by atoms with Gasteiger partial charge in [0.25, 0.3) is 5.91 Å². The number of nitrogens with two attached hydrogens (primary N) is 1. The van der Waals surface area contributed by atoms with E-state index in [-0.39, 0.29) is 5.91 Å². The van der Waals surface area contributed by atoms with Crippen LogP contribution in [0, 0.1) is 0 Å². The number of carbonyl (C=O) groups excluding carboxylic acids is 1. The first kappa shape index (κ1) is 17.5. The second-order valence-corrected chi connectivity index (χ2v) is 6.23. The van der Waals surface area contributed by atoms with Gasteiger partial charge in [-0.05, 0) is 18.2 Å². The smallest absolute Gasteiger partial charge is 0.251 e. The first-order valence-corrected chi connectivity index (χ1v) is 8.77. The van der Waals surface area contributed by atoms with Crippen molar-refractivity contribution in [1.82, 2.24) is 19.9 Å². The van der Waals surface area contributed by atoms with Crippen molar-refractivity contribution in [3.63, 3.8) is 0 Å². The number of hydrogen-bond donors (Lipinski definition) is 2. The molecule has 0 saturated carbocycles. The lowest BCUT2D eigenvalue weighted by atomic mass is 10.2. The van der Waals surface area contributed by atoms with Crippen molar-refractivity contribution in [2.24, 2.45) is 0 Å². The molecule has 4 rings (SSSR count). The lowest BCUT2D eigenvalue weighted by Gasteiger charge is -2.10. The number of benzene rings is 2. The third kappa shape index (κ3) is 3.37. The summed E-state index contributed by atoms with van der Waals surface area (Å²) < 4.78 is 6.84. The molecule has 2 heterocycles. The fourth-order valence-corrected chi connectivity index (χ4v) is 2.98. The molecule has 0 aliphatic heterocycles. The number of nitrogen functional groups attached to an aromatic ring is 1. The van der Waals surface area contributed by atoms with E-state index in [2.05, 4.69) is 15.4 Å². The van der Waals surface area contributed by atoms with Gasteiger partial charge in [0.1, 0.15) is 11.6 Å². The molecule has 0 aliphatic carbocycles. The van der Waals surface area contributed by atoms with Gasteiger partial charge < -0.3 is 15.8 Å². The van der Waals surface area contributed by atoms with Gasteiger partial charge in [0.05, 0.1) is 7.11 Å². The second kappa shape index (κ2) is 7.40. The summed E-state index contributed by atoms with van der Waals surface area (Å²) in [6.07, 6.45) is 0. The normalized spacial score (nSPS) is 10.8. The fourth-order valence-electron chi connectivity index (χ4n) is 2.98. The van der Waals surface area contributed by atoms with Gasteiger partial charge in [-0.15, -0.1) is 5.10 Å². The van der Waals surface area contributed by atoms with Crippen LogP contribution >= 0.6 is 0 Å². The number of aromatic nitrogens is 3. The standard InChI is InChI=1S/C21H19N5O2/c1-28-17-10-6-5-9-15(17)13-23-21(27)16-11-18(22)26-19(12-16)24-20(25-26)14-7-3-2-4-8-14/h2-12H,13,22H2,1H3,(H,23,27). The number of ether oxygens (including phenoxy) is 1. The Labute approximate surface area is 161 Å². The number of amides is 1. The molecule has 7 heteroatoms. The minimum atomic E-state index is -0.246. The molecule has 140 valence electrons. The zero-order valence-electron chi connectivity index (χ0n) is 15.3. The Bertz CT molecular complexity index is 1140. The number of hydrogen-bond acceptors (Lipinski definition) is 5. The van der Waals surface area contributed by atoms with Crippen LogP contribution in [0.2, 0.25) is 0 Å². The van der Waals surface area contributed by atoms with Crippen molar-refractivity contribution in [2.75, 3.05) is 12.8 Å². The van der Waals surface area contributed by atoms with E-state index in [1.165, 1.54) is 4.52 Å². The first-order valence-electron chi connectivity index (χ1n) is 8.77. The van der Waals surface area contributed by atoms with Crippen LogP contribution < -0.4 is 15.8 Å². The van der Waals surface area contributed by atoms with E-state index < -0.39 is 0 Å². The maximum atomic E-state index is 12.6. The number of carbonyl (C=O) groups is 1. The quantitative estimate of drug-likeness (QED) is 0.561. The molecule has 0 atom stereocenters. The highest BCUT2D eigenvalue weighted by molar-refractivity contribution is 5.96. The number of para-hydroxylation sites is 1. The van der Waals surface area contributed by atoms with E-state index in [4.69, 9.17) is 10.5 Å². The molecular formula is C21H19N5O2. The Kier molecular flexibility index (Phi) is 4.63.